The monoisotopic (exact) mass is 380 g/mol. The Bertz CT molecular complexity index is 729. The van der Waals surface area contributed by atoms with Gasteiger partial charge in [-0.25, -0.2) is 0 Å². The van der Waals surface area contributed by atoms with Crippen molar-refractivity contribution in [1.82, 2.24) is 0 Å². The molecular formula is C25H32O3. The van der Waals surface area contributed by atoms with Crippen LogP contribution in [0.15, 0.2) is 48.5 Å². The average molecular weight is 381 g/mol. The van der Waals surface area contributed by atoms with E-state index in [9.17, 15) is 9.59 Å². The zero-order valence-corrected chi connectivity index (χ0v) is 17.0. The summed E-state index contributed by atoms with van der Waals surface area (Å²) in [5.41, 5.74) is 3.93. The molecule has 0 atom stereocenters. The Morgan fingerprint density at radius 1 is 0.679 bits per heavy atom. The van der Waals surface area contributed by atoms with Crippen LogP contribution in [0.4, 0.5) is 0 Å². The van der Waals surface area contributed by atoms with Crippen molar-refractivity contribution in [1.29, 1.82) is 0 Å². The topological polar surface area (TPSA) is 54.4 Å². The maximum absolute atomic E-state index is 12.5. The Hall–Kier alpha value is -2.42. The van der Waals surface area contributed by atoms with E-state index < -0.39 is 5.97 Å². The molecule has 0 aliphatic carbocycles. The number of aliphatic carboxylic acids is 1. The zero-order valence-electron chi connectivity index (χ0n) is 17.0. The van der Waals surface area contributed by atoms with Crippen LogP contribution >= 0.6 is 0 Å². The van der Waals surface area contributed by atoms with Crippen LogP contribution in [0, 0.1) is 6.92 Å². The molecule has 3 heteroatoms. The number of carboxylic acid groups (broad SMARTS) is 1. The first kappa shape index (κ1) is 21.9. The Morgan fingerprint density at radius 2 is 1.14 bits per heavy atom. The molecular weight excluding hydrogens is 348 g/mol. The summed E-state index contributed by atoms with van der Waals surface area (Å²) >= 11 is 0. The number of hydrogen-bond donors (Lipinski definition) is 1. The molecule has 0 spiro atoms. The van der Waals surface area contributed by atoms with E-state index in [0.717, 1.165) is 42.4 Å². The van der Waals surface area contributed by atoms with E-state index >= 15 is 0 Å². The highest BCUT2D eigenvalue weighted by atomic mass is 16.4. The number of benzene rings is 2. The molecule has 150 valence electrons. The molecule has 0 aliphatic rings. The van der Waals surface area contributed by atoms with Gasteiger partial charge in [0, 0.05) is 17.5 Å². The minimum Gasteiger partial charge on any atom is -0.481 e. The number of rotatable bonds is 13. The SMILES string of the molecule is Cc1ccc(C(=O)c2ccc(CCCCCCCCCCC(=O)O)cc2)cc1. The van der Waals surface area contributed by atoms with Crippen molar-refractivity contribution in [3.63, 3.8) is 0 Å². The molecule has 0 radical (unpaired) electrons. The molecule has 0 heterocycles. The molecule has 0 bridgehead atoms. The van der Waals surface area contributed by atoms with Gasteiger partial charge in [-0.1, -0.05) is 92.6 Å². The fourth-order valence-corrected chi connectivity index (χ4v) is 3.36. The zero-order chi connectivity index (χ0) is 20.2. The van der Waals surface area contributed by atoms with E-state index in [4.69, 9.17) is 5.11 Å². The predicted molar refractivity (Wildman–Crippen MR) is 114 cm³/mol. The number of unbranched alkanes of at least 4 members (excludes halogenated alkanes) is 7. The van der Waals surface area contributed by atoms with E-state index in [0.29, 0.717) is 6.42 Å². The van der Waals surface area contributed by atoms with Crippen LogP contribution in [0.5, 0.6) is 0 Å². The second-order valence-corrected chi connectivity index (χ2v) is 7.61. The van der Waals surface area contributed by atoms with E-state index in [-0.39, 0.29) is 5.78 Å². The van der Waals surface area contributed by atoms with Gasteiger partial charge in [0.05, 0.1) is 0 Å². The third-order valence-electron chi connectivity index (χ3n) is 5.14. The van der Waals surface area contributed by atoms with Gasteiger partial charge in [0.15, 0.2) is 5.78 Å². The van der Waals surface area contributed by atoms with Gasteiger partial charge in [-0.15, -0.1) is 0 Å². The number of carbonyl (C=O) groups excluding carboxylic acids is 1. The molecule has 0 aromatic heterocycles. The highest BCUT2D eigenvalue weighted by molar-refractivity contribution is 6.08. The van der Waals surface area contributed by atoms with Gasteiger partial charge in [0.25, 0.3) is 0 Å². The maximum atomic E-state index is 12.5. The summed E-state index contributed by atoms with van der Waals surface area (Å²) < 4.78 is 0. The molecule has 0 saturated heterocycles. The van der Waals surface area contributed by atoms with Gasteiger partial charge in [0.2, 0.25) is 0 Å². The standard InChI is InChI=1S/C25H32O3/c1-20-12-16-22(17-13-20)25(28)23-18-14-21(15-19-23)10-8-6-4-2-3-5-7-9-11-24(26)27/h12-19H,2-11H2,1H3,(H,26,27). The lowest BCUT2D eigenvalue weighted by Crippen LogP contribution is -2.01. The number of aryl methyl sites for hydroxylation is 2. The molecule has 0 saturated carbocycles. The van der Waals surface area contributed by atoms with Crippen molar-refractivity contribution in [2.24, 2.45) is 0 Å². The van der Waals surface area contributed by atoms with Crippen LogP contribution in [0.3, 0.4) is 0 Å². The molecule has 2 aromatic rings. The van der Waals surface area contributed by atoms with Crippen LogP contribution in [0.25, 0.3) is 0 Å². The molecule has 28 heavy (non-hydrogen) atoms. The Labute approximate surface area is 168 Å². The van der Waals surface area contributed by atoms with Crippen molar-refractivity contribution in [2.45, 2.75) is 71.1 Å². The number of carbonyl (C=O) groups is 2. The van der Waals surface area contributed by atoms with Crippen molar-refractivity contribution >= 4 is 11.8 Å². The van der Waals surface area contributed by atoms with Gasteiger partial charge >= 0.3 is 5.97 Å². The molecule has 0 unspecified atom stereocenters. The first-order chi connectivity index (χ1) is 13.6. The summed E-state index contributed by atoms with van der Waals surface area (Å²) in [5.74, 6) is -0.609. The lowest BCUT2D eigenvalue weighted by Gasteiger charge is -2.05. The maximum Gasteiger partial charge on any atom is 0.303 e. The van der Waals surface area contributed by atoms with E-state index in [1.165, 1.54) is 37.7 Å². The van der Waals surface area contributed by atoms with E-state index in [2.05, 4.69) is 12.1 Å². The highest BCUT2D eigenvalue weighted by Gasteiger charge is 2.08. The first-order valence-corrected chi connectivity index (χ1v) is 10.5. The van der Waals surface area contributed by atoms with Gasteiger partial charge in [-0.3, -0.25) is 9.59 Å². The van der Waals surface area contributed by atoms with Crippen LogP contribution in [0.2, 0.25) is 0 Å². The van der Waals surface area contributed by atoms with Crippen molar-refractivity contribution in [2.75, 3.05) is 0 Å². The van der Waals surface area contributed by atoms with Gasteiger partial charge in [-0.2, -0.15) is 0 Å². The molecule has 1 N–H and O–H groups in total. The third-order valence-corrected chi connectivity index (χ3v) is 5.14. The Balaban J connectivity index is 1.60. The Morgan fingerprint density at radius 3 is 1.68 bits per heavy atom. The quantitative estimate of drug-likeness (QED) is 0.325. The van der Waals surface area contributed by atoms with Crippen LogP contribution in [-0.4, -0.2) is 16.9 Å². The molecule has 2 rings (SSSR count). The second-order valence-electron chi connectivity index (χ2n) is 7.61. The Kier molecular flexibility index (Phi) is 9.47. The number of ketones is 1. The van der Waals surface area contributed by atoms with Crippen molar-refractivity contribution in [3.05, 3.63) is 70.8 Å². The van der Waals surface area contributed by atoms with Crippen molar-refractivity contribution in [3.8, 4) is 0 Å². The fraction of sp³-hybridized carbons (Fsp3) is 0.440. The van der Waals surface area contributed by atoms with Crippen LogP contribution < -0.4 is 0 Å². The van der Waals surface area contributed by atoms with Crippen molar-refractivity contribution < 1.29 is 14.7 Å². The summed E-state index contributed by atoms with van der Waals surface area (Å²) in [6, 6.07) is 15.7. The number of hydrogen-bond acceptors (Lipinski definition) is 2. The minimum atomic E-state index is -0.687. The molecule has 0 aliphatic heterocycles. The highest BCUT2D eigenvalue weighted by Crippen LogP contribution is 2.15. The minimum absolute atomic E-state index is 0.0786. The summed E-state index contributed by atoms with van der Waals surface area (Å²) in [6.45, 7) is 2.02. The van der Waals surface area contributed by atoms with Crippen LogP contribution in [-0.2, 0) is 11.2 Å². The number of carboxylic acids is 1. The molecule has 0 fully saturated rings. The van der Waals surface area contributed by atoms with E-state index in [1.807, 2.05) is 43.3 Å². The van der Waals surface area contributed by atoms with Gasteiger partial charge in [0.1, 0.15) is 0 Å². The lowest BCUT2D eigenvalue weighted by atomic mass is 9.99. The van der Waals surface area contributed by atoms with E-state index in [1.54, 1.807) is 0 Å². The largest absolute Gasteiger partial charge is 0.481 e. The van der Waals surface area contributed by atoms with Crippen LogP contribution in [0.1, 0.15) is 84.8 Å². The summed E-state index contributed by atoms with van der Waals surface area (Å²) in [7, 11) is 0. The third kappa shape index (κ3) is 8.08. The fourth-order valence-electron chi connectivity index (χ4n) is 3.36. The molecule has 0 amide bonds. The smallest absolute Gasteiger partial charge is 0.303 e. The molecule has 3 nitrogen and oxygen atoms in total. The first-order valence-electron chi connectivity index (χ1n) is 10.5. The van der Waals surface area contributed by atoms with Gasteiger partial charge in [-0.05, 0) is 31.7 Å². The second kappa shape index (κ2) is 12.1. The molecule has 2 aromatic carbocycles. The summed E-state index contributed by atoms with van der Waals surface area (Å²) in [4.78, 5) is 22.9. The normalized spacial score (nSPS) is 10.8. The van der Waals surface area contributed by atoms with Gasteiger partial charge < -0.3 is 5.11 Å². The average Bonchev–Trinajstić information content (AvgIpc) is 2.69. The summed E-state index contributed by atoms with van der Waals surface area (Å²) in [6.07, 6.45) is 10.4. The summed E-state index contributed by atoms with van der Waals surface area (Å²) in [5, 5.41) is 8.59. The lowest BCUT2D eigenvalue weighted by molar-refractivity contribution is -0.137. The predicted octanol–water partition coefficient (Wildman–Crippen LogP) is 6.36.